The van der Waals surface area contributed by atoms with Gasteiger partial charge in [0.05, 0.1) is 12.7 Å². The van der Waals surface area contributed by atoms with Crippen LogP contribution in [-0.2, 0) is 19.6 Å². The van der Waals surface area contributed by atoms with Gasteiger partial charge in [-0.25, -0.2) is 0 Å². The van der Waals surface area contributed by atoms with Crippen LogP contribution in [0.25, 0.3) is 0 Å². The maximum atomic E-state index is 11.1. The van der Waals surface area contributed by atoms with E-state index >= 15 is 0 Å². The average molecular weight is 280 g/mol. The number of rotatable bonds is 6. The number of aliphatic hydroxyl groups excluding tert-OH is 1. The van der Waals surface area contributed by atoms with Crippen LogP contribution in [0.3, 0.4) is 0 Å². The first kappa shape index (κ1) is 14.2. The van der Waals surface area contributed by atoms with Gasteiger partial charge in [0.25, 0.3) is 10.1 Å². The quantitative estimate of drug-likeness (QED) is 0.696. The Morgan fingerprint density at radius 1 is 1.39 bits per heavy atom. The molecule has 1 aliphatic carbocycles. The van der Waals surface area contributed by atoms with Crippen molar-refractivity contribution in [1.29, 1.82) is 0 Å². The number of aliphatic hydroxyl groups is 1. The fraction of sp³-hybridized carbons (Fsp3) is 1.00. The predicted molar refractivity (Wildman–Crippen MR) is 63.7 cm³/mol. The lowest BCUT2D eigenvalue weighted by atomic mass is 10.2. The molecule has 6 nitrogen and oxygen atoms in total. The van der Waals surface area contributed by atoms with Gasteiger partial charge in [-0.05, 0) is 38.5 Å². The van der Waals surface area contributed by atoms with Crippen LogP contribution in [0.2, 0.25) is 0 Å². The van der Waals surface area contributed by atoms with Gasteiger partial charge < -0.3 is 14.6 Å². The highest BCUT2D eigenvalue weighted by atomic mass is 32.2. The molecular formula is C11H20O6S. The van der Waals surface area contributed by atoms with E-state index in [1.165, 1.54) is 0 Å². The summed E-state index contributed by atoms with van der Waals surface area (Å²) in [4.78, 5) is 0. The Kier molecular flexibility index (Phi) is 4.28. The molecule has 2 aliphatic rings. The van der Waals surface area contributed by atoms with Crippen LogP contribution in [0.1, 0.15) is 38.5 Å². The lowest BCUT2D eigenvalue weighted by molar-refractivity contribution is -0.175. The Labute approximate surface area is 107 Å². The molecule has 0 aromatic rings. The van der Waals surface area contributed by atoms with Crippen molar-refractivity contribution < 1.29 is 27.6 Å². The maximum Gasteiger partial charge on any atom is 0.270 e. The molecule has 0 bridgehead atoms. The minimum absolute atomic E-state index is 0.0263. The zero-order chi connectivity index (χ0) is 13.2. The Morgan fingerprint density at radius 2 is 2.11 bits per heavy atom. The summed E-state index contributed by atoms with van der Waals surface area (Å²) in [6, 6.07) is 0. The first-order chi connectivity index (χ1) is 8.43. The maximum absolute atomic E-state index is 11.1. The molecule has 0 spiro atoms. The van der Waals surface area contributed by atoms with Crippen molar-refractivity contribution in [2.45, 2.75) is 55.7 Å². The SMILES string of the molecule is O=S(=O)(O)C1(C[C@H](O)CO[C@H]2CCCCO2)CC1. The van der Waals surface area contributed by atoms with E-state index in [9.17, 15) is 13.5 Å². The first-order valence-corrected chi connectivity index (χ1v) is 7.75. The Balaban J connectivity index is 1.74. The molecule has 0 amide bonds. The fourth-order valence-corrected chi connectivity index (χ4v) is 3.28. The largest absolute Gasteiger partial charge is 0.391 e. The molecule has 1 saturated carbocycles. The topological polar surface area (TPSA) is 93.1 Å². The first-order valence-electron chi connectivity index (χ1n) is 6.31. The van der Waals surface area contributed by atoms with Crippen molar-refractivity contribution in [2.75, 3.05) is 13.2 Å². The van der Waals surface area contributed by atoms with Crippen LogP contribution < -0.4 is 0 Å². The minimum atomic E-state index is -4.08. The van der Waals surface area contributed by atoms with E-state index in [0.29, 0.717) is 19.4 Å². The van der Waals surface area contributed by atoms with E-state index in [0.717, 1.165) is 19.3 Å². The van der Waals surface area contributed by atoms with Gasteiger partial charge >= 0.3 is 0 Å². The third kappa shape index (κ3) is 3.42. The van der Waals surface area contributed by atoms with E-state index in [2.05, 4.69) is 0 Å². The zero-order valence-corrected chi connectivity index (χ0v) is 11.1. The molecule has 106 valence electrons. The smallest absolute Gasteiger partial charge is 0.270 e. The highest BCUT2D eigenvalue weighted by molar-refractivity contribution is 7.87. The van der Waals surface area contributed by atoms with Crippen molar-refractivity contribution in [3.05, 3.63) is 0 Å². The van der Waals surface area contributed by atoms with Gasteiger partial charge in [0, 0.05) is 6.61 Å². The third-order valence-electron chi connectivity index (χ3n) is 3.57. The van der Waals surface area contributed by atoms with E-state index < -0.39 is 21.0 Å². The summed E-state index contributed by atoms with van der Waals surface area (Å²) in [6.45, 7) is 0.706. The van der Waals surface area contributed by atoms with Gasteiger partial charge in [-0.2, -0.15) is 8.42 Å². The number of hydrogen-bond donors (Lipinski definition) is 2. The highest BCUT2D eigenvalue weighted by Gasteiger charge is 2.54. The van der Waals surface area contributed by atoms with Gasteiger partial charge in [0.2, 0.25) is 0 Å². The second-order valence-corrected chi connectivity index (χ2v) is 6.96. The second-order valence-electron chi connectivity index (χ2n) is 5.15. The summed E-state index contributed by atoms with van der Waals surface area (Å²) in [5.41, 5.74) is 0. The van der Waals surface area contributed by atoms with Gasteiger partial charge in [0.15, 0.2) is 6.29 Å². The Hall–Kier alpha value is -0.210. The molecular weight excluding hydrogens is 260 g/mol. The molecule has 0 unspecified atom stereocenters. The molecule has 7 heteroatoms. The highest BCUT2D eigenvalue weighted by Crippen LogP contribution is 2.46. The fourth-order valence-electron chi connectivity index (χ4n) is 2.26. The monoisotopic (exact) mass is 280 g/mol. The van der Waals surface area contributed by atoms with Gasteiger partial charge in [-0.1, -0.05) is 0 Å². The summed E-state index contributed by atoms with van der Waals surface area (Å²) in [7, 11) is -4.08. The van der Waals surface area contributed by atoms with E-state index in [1.54, 1.807) is 0 Å². The normalized spacial score (nSPS) is 28.9. The molecule has 2 atom stereocenters. The van der Waals surface area contributed by atoms with Crippen molar-refractivity contribution in [1.82, 2.24) is 0 Å². The van der Waals surface area contributed by atoms with E-state index in [1.807, 2.05) is 0 Å². The summed E-state index contributed by atoms with van der Waals surface area (Å²) in [5, 5.41) is 9.76. The molecule has 0 aromatic heterocycles. The second kappa shape index (κ2) is 5.42. The molecule has 0 radical (unpaired) electrons. The third-order valence-corrected chi connectivity index (χ3v) is 5.24. The predicted octanol–water partition coefficient (Wildman–Crippen LogP) is 0.701. The lowest BCUT2D eigenvalue weighted by Gasteiger charge is -2.24. The summed E-state index contributed by atoms with van der Waals surface area (Å²) in [6.07, 6.45) is 2.51. The van der Waals surface area contributed by atoms with Gasteiger partial charge in [0.1, 0.15) is 4.75 Å². The molecule has 2 rings (SSSR count). The van der Waals surface area contributed by atoms with Crippen molar-refractivity contribution in [2.24, 2.45) is 0 Å². The molecule has 2 fully saturated rings. The minimum Gasteiger partial charge on any atom is -0.391 e. The lowest BCUT2D eigenvalue weighted by Crippen LogP contribution is -2.32. The van der Waals surface area contributed by atoms with Crippen LogP contribution in [0.4, 0.5) is 0 Å². The van der Waals surface area contributed by atoms with Crippen LogP contribution >= 0.6 is 0 Å². The van der Waals surface area contributed by atoms with E-state index in [-0.39, 0.29) is 19.3 Å². The zero-order valence-electron chi connectivity index (χ0n) is 10.2. The number of ether oxygens (including phenoxy) is 2. The Bertz CT molecular complexity index is 369. The molecule has 1 aliphatic heterocycles. The summed E-state index contributed by atoms with van der Waals surface area (Å²) < 4.78 is 40.9. The molecule has 2 N–H and O–H groups in total. The average Bonchev–Trinajstić information content (AvgIpc) is 3.08. The molecule has 0 aromatic carbocycles. The van der Waals surface area contributed by atoms with Crippen molar-refractivity contribution in [3.63, 3.8) is 0 Å². The van der Waals surface area contributed by atoms with Crippen LogP contribution in [0, 0.1) is 0 Å². The van der Waals surface area contributed by atoms with E-state index in [4.69, 9.17) is 14.0 Å². The standard InChI is InChI=1S/C11H20O6S/c12-9(7-11(4-5-11)18(13,14)15)8-17-10-3-1-2-6-16-10/h9-10,12H,1-8H2,(H,13,14,15)/t9-,10-/m0/s1. The summed E-state index contributed by atoms with van der Waals surface area (Å²) >= 11 is 0. The summed E-state index contributed by atoms with van der Waals surface area (Å²) in [5.74, 6) is 0. The number of hydrogen-bond acceptors (Lipinski definition) is 5. The van der Waals surface area contributed by atoms with Gasteiger partial charge in [-0.3, -0.25) is 4.55 Å². The van der Waals surface area contributed by atoms with Crippen molar-refractivity contribution in [3.8, 4) is 0 Å². The molecule has 1 heterocycles. The van der Waals surface area contributed by atoms with Crippen LogP contribution in [-0.4, -0.2) is 48.4 Å². The van der Waals surface area contributed by atoms with Crippen LogP contribution in [0.15, 0.2) is 0 Å². The van der Waals surface area contributed by atoms with Crippen LogP contribution in [0.5, 0.6) is 0 Å². The van der Waals surface area contributed by atoms with Crippen molar-refractivity contribution >= 4 is 10.1 Å². The molecule has 1 saturated heterocycles. The van der Waals surface area contributed by atoms with Gasteiger partial charge in [-0.15, -0.1) is 0 Å². The Morgan fingerprint density at radius 3 is 2.61 bits per heavy atom. The molecule has 18 heavy (non-hydrogen) atoms.